The standard InChI is InChI=1S/C17H26N2O/c1-3-19(12-15-8-5-4-7-13(15)2)17(20)16-10-6-9-14(16)11-18/h4-5,7-8,14,16H,3,6,9-12,18H2,1-2H3/t14-,16-/m1/s1. The summed E-state index contributed by atoms with van der Waals surface area (Å²) >= 11 is 0. The molecule has 0 radical (unpaired) electrons. The summed E-state index contributed by atoms with van der Waals surface area (Å²) in [4.78, 5) is 14.7. The lowest BCUT2D eigenvalue weighted by atomic mass is 9.94. The summed E-state index contributed by atoms with van der Waals surface area (Å²) in [6.07, 6.45) is 3.25. The van der Waals surface area contributed by atoms with E-state index in [4.69, 9.17) is 5.73 Å². The second kappa shape index (κ2) is 6.89. The Morgan fingerprint density at radius 1 is 1.35 bits per heavy atom. The number of nitrogens with two attached hydrogens (primary N) is 1. The van der Waals surface area contributed by atoms with Crippen LogP contribution in [0.15, 0.2) is 24.3 Å². The zero-order valence-electron chi connectivity index (χ0n) is 12.6. The molecule has 1 aliphatic rings. The molecule has 2 rings (SSSR count). The van der Waals surface area contributed by atoms with Crippen molar-refractivity contribution in [1.29, 1.82) is 0 Å². The lowest BCUT2D eigenvalue weighted by Gasteiger charge is -2.27. The first kappa shape index (κ1) is 15.0. The Labute approximate surface area is 122 Å². The predicted octanol–water partition coefficient (Wildman–Crippen LogP) is 2.72. The Kier molecular flexibility index (Phi) is 5.18. The number of hydrogen-bond donors (Lipinski definition) is 1. The van der Waals surface area contributed by atoms with E-state index in [9.17, 15) is 4.79 Å². The highest BCUT2D eigenvalue weighted by Crippen LogP contribution is 2.32. The molecule has 0 aliphatic heterocycles. The van der Waals surface area contributed by atoms with Crippen LogP contribution in [0.1, 0.15) is 37.3 Å². The highest BCUT2D eigenvalue weighted by Gasteiger charge is 2.34. The van der Waals surface area contributed by atoms with Gasteiger partial charge >= 0.3 is 0 Å². The van der Waals surface area contributed by atoms with Crippen molar-refractivity contribution in [2.45, 2.75) is 39.7 Å². The van der Waals surface area contributed by atoms with Gasteiger partial charge in [0.05, 0.1) is 0 Å². The number of amides is 1. The molecule has 0 bridgehead atoms. The number of rotatable bonds is 5. The number of aryl methyl sites for hydroxylation is 1. The quantitative estimate of drug-likeness (QED) is 0.897. The van der Waals surface area contributed by atoms with E-state index in [2.05, 4.69) is 26.0 Å². The van der Waals surface area contributed by atoms with E-state index in [0.29, 0.717) is 18.4 Å². The van der Waals surface area contributed by atoms with Crippen molar-refractivity contribution >= 4 is 5.91 Å². The zero-order chi connectivity index (χ0) is 14.5. The molecular weight excluding hydrogens is 248 g/mol. The summed E-state index contributed by atoms with van der Waals surface area (Å²) in [5.41, 5.74) is 8.30. The molecule has 1 amide bonds. The minimum atomic E-state index is 0.143. The first-order valence-corrected chi connectivity index (χ1v) is 7.70. The van der Waals surface area contributed by atoms with Gasteiger partial charge in [-0.05, 0) is 50.3 Å². The van der Waals surface area contributed by atoms with Crippen molar-refractivity contribution in [2.75, 3.05) is 13.1 Å². The van der Waals surface area contributed by atoms with Crippen molar-refractivity contribution in [3.63, 3.8) is 0 Å². The van der Waals surface area contributed by atoms with Gasteiger partial charge in [0.15, 0.2) is 0 Å². The van der Waals surface area contributed by atoms with E-state index in [1.807, 2.05) is 17.0 Å². The minimum Gasteiger partial charge on any atom is -0.338 e. The third-order valence-corrected chi connectivity index (χ3v) is 4.59. The fraction of sp³-hybridized carbons (Fsp3) is 0.588. The Hall–Kier alpha value is -1.35. The van der Waals surface area contributed by atoms with Gasteiger partial charge in [-0.15, -0.1) is 0 Å². The van der Waals surface area contributed by atoms with Crippen LogP contribution in [0, 0.1) is 18.8 Å². The van der Waals surface area contributed by atoms with Crippen molar-refractivity contribution in [1.82, 2.24) is 4.90 Å². The van der Waals surface area contributed by atoms with Gasteiger partial charge in [-0.25, -0.2) is 0 Å². The first-order chi connectivity index (χ1) is 9.67. The second-order valence-corrected chi connectivity index (χ2v) is 5.81. The lowest BCUT2D eigenvalue weighted by molar-refractivity contribution is -0.137. The van der Waals surface area contributed by atoms with Crippen LogP contribution in [0.3, 0.4) is 0 Å². The molecule has 0 heterocycles. The van der Waals surface area contributed by atoms with Gasteiger partial charge in [0.25, 0.3) is 0 Å². The number of hydrogen-bond acceptors (Lipinski definition) is 2. The molecule has 0 spiro atoms. The average Bonchev–Trinajstić information content (AvgIpc) is 2.94. The number of benzene rings is 1. The molecule has 1 saturated carbocycles. The van der Waals surface area contributed by atoms with Crippen molar-refractivity contribution in [2.24, 2.45) is 17.6 Å². The SMILES string of the molecule is CCN(Cc1ccccc1C)C(=O)[C@@H]1CCC[C@@H]1CN. The van der Waals surface area contributed by atoms with Crippen LogP contribution < -0.4 is 5.73 Å². The van der Waals surface area contributed by atoms with Crippen LogP contribution in [-0.4, -0.2) is 23.9 Å². The van der Waals surface area contributed by atoms with Crippen LogP contribution in [0.2, 0.25) is 0 Å². The molecule has 20 heavy (non-hydrogen) atoms. The zero-order valence-corrected chi connectivity index (χ0v) is 12.6. The fourth-order valence-corrected chi connectivity index (χ4v) is 3.22. The third-order valence-electron chi connectivity index (χ3n) is 4.59. The van der Waals surface area contributed by atoms with Gasteiger partial charge in [0.2, 0.25) is 5.91 Å². The number of carbonyl (C=O) groups is 1. The summed E-state index contributed by atoms with van der Waals surface area (Å²) in [5, 5.41) is 0. The van der Waals surface area contributed by atoms with Crippen LogP contribution in [-0.2, 0) is 11.3 Å². The molecule has 3 nitrogen and oxygen atoms in total. The van der Waals surface area contributed by atoms with Crippen molar-refractivity contribution < 1.29 is 4.79 Å². The van der Waals surface area contributed by atoms with E-state index >= 15 is 0 Å². The Balaban J connectivity index is 2.08. The average molecular weight is 274 g/mol. The van der Waals surface area contributed by atoms with Crippen molar-refractivity contribution in [3.8, 4) is 0 Å². The molecule has 2 N–H and O–H groups in total. The highest BCUT2D eigenvalue weighted by atomic mass is 16.2. The largest absolute Gasteiger partial charge is 0.338 e. The second-order valence-electron chi connectivity index (χ2n) is 5.81. The maximum atomic E-state index is 12.7. The smallest absolute Gasteiger partial charge is 0.226 e. The summed E-state index contributed by atoms with van der Waals surface area (Å²) in [5.74, 6) is 0.820. The van der Waals surface area contributed by atoms with E-state index < -0.39 is 0 Å². The Morgan fingerprint density at radius 2 is 2.10 bits per heavy atom. The monoisotopic (exact) mass is 274 g/mol. The maximum absolute atomic E-state index is 12.7. The number of nitrogens with zero attached hydrogens (tertiary/aromatic N) is 1. The van der Waals surface area contributed by atoms with Gasteiger partial charge in [-0.3, -0.25) is 4.79 Å². The summed E-state index contributed by atoms with van der Waals surface area (Å²) < 4.78 is 0. The maximum Gasteiger partial charge on any atom is 0.226 e. The van der Waals surface area contributed by atoms with Crippen LogP contribution in [0.5, 0.6) is 0 Å². The Morgan fingerprint density at radius 3 is 2.75 bits per heavy atom. The predicted molar refractivity (Wildman–Crippen MR) is 82.2 cm³/mol. The van der Waals surface area contributed by atoms with Crippen LogP contribution in [0.4, 0.5) is 0 Å². The van der Waals surface area contributed by atoms with E-state index in [1.54, 1.807) is 0 Å². The third kappa shape index (κ3) is 3.21. The van der Waals surface area contributed by atoms with E-state index in [1.165, 1.54) is 11.1 Å². The topological polar surface area (TPSA) is 46.3 Å². The summed E-state index contributed by atoms with van der Waals surface area (Å²) in [7, 11) is 0. The van der Waals surface area contributed by atoms with Crippen molar-refractivity contribution in [3.05, 3.63) is 35.4 Å². The molecule has 110 valence electrons. The van der Waals surface area contributed by atoms with E-state index in [0.717, 1.165) is 32.4 Å². The minimum absolute atomic E-state index is 0.143. The molecule has 1 aliphatic carbocycles. The molecule has 1 fully saturated rings. The van der Waals surface area contributed by atoms with Gasteiger partial charge in [-0.1, -0.05) is 30.7 Å². The van der Waals surface area contributed by atoms with Gasteiger partial charge < -0.3 is 10.6 Å². The Bertz CT molecular complexity index is 458. The molecule has 0 aromatic heterocycles. The molecule has 1 aromatic rings. The molecule has 1 aromatic carbocycles. The first-order valence-electron chi connectivity index (χ1n) is 7.70. The van der Waals surface area contributed by atoms with E-state index in [-0.39, 0.29) is 5.92 Å². The fourth-order valence-electron chi connectivity index (χ4n) is 3.22. The molecule has 0 saturated heterocycles. The molecule has 3 heteroatoms. The van der Waals surface area contributed by atoms with Crippen LogP contribution >= 0.6 is 0 Å². The highest BCUT2D eigenvalue weighted by molar-refractivity contribution is 5.79. The van der Waals surface area contributed by atoms with Gasteiger partial charge in [-0.2, -0.15) is 0 Å². The lowest BCUT2D eigenvalue weighted by Crippen LogP contribution is -2.38. The normalized spacial score (nSPS) is 21.9. The molecule has 0 unspecified atom stereocenters. The molecule has 2 atom stereocenters. The van der Waals surface area contributed by atoms with Gasteiger partial charge in [0.1, 0.15) is 0 Å². The van der Waals surface area contributed by atoms with Crippen LogP contribution in [0.25, 0.3) is 0 Å². The summed E-state index contributed by atoms with van der Waals surface area (Å²) in [6.45, 7) is 6.28. The van der Waals surface area contributed by atoms with Gasteiger partial charge in [0, 0.05) is 19.0 Å². The summed E-state index contributed by atoms with van der Waals surface area (Å²) in [6, 6.07) is 8.30. The number of carbonyl (C=O) groups excluding carboxylic acids is 1. The molecular formula is C17H26N2O.